The molecule has 0 spiro atoms. The lowest BCUT2D eigenvalue weighted by Gasteiger charge is -2.27. The Morgan fingerprint density at radius 2 is 2.35 bits per heavy atom. The van der Waals surface area contributed by atoms with Gasteiger partial charge in [0, 0.05) is 18.2 Å². The summed E-state index contributed by atoms with van der Waals surface area (Å²) >= 11 is 0. The van der Waals surface area contributed by atoms with E-state index in [1.54, 1.807) is 13.1 Å². The first-order chi connectivity index (χ1) is 9.60. The number of hydrogen-bond donors (Lipinski definition) is 2. The van der Waals surface area contributed by atoms with E-state index in [9.17, 15) is 0 Å². The normalized spacial score (nSPS) is 18.5. The summed E-state index contributed by atoms with van der Waals surface area (Å²) in [5, 5.41) is 3.28. The minimum atomic E-state index is 0.133. The van der Waals surface area contributed by atoms with Crippen LogP contribution in [0.5, 0.6) is 5.75 Å². The van der Waals surface area contributed by atoms with E-state index in [-0.39, 0.29) is 12.0 Å². The van der Waals surface area contributed by atoms with Crippen LogP contribution in [0.2, 0.25) is 0 Å². The lowest BCUT2D eigenvalue weighted by molar-refractivity contribution is 0.258. The van der Waals surface area contributed by atoms with Gasteiger partial charge in [-0.2, -0.15) is 4.99 Å². The number of benzene rings is 1. The molecule has 1 atom stereocenters. The van der Waals surface area contributed by atoms with Gasteiger partial charge in [-0.15, -0.1) is 0 Å². The number of nitrogens with zero attached hydrogens (tertiary/aromatic N) is 2. The average Bonchev–Trinajstić information content (AvgIpc) is 2.39. The maximum atomic E-state index is 5.66. The molecule has 5 heteroatoms. The van der Waals surface area contributed by atoms with Crippen LogP contribution in [0.1, 0.15) is 30.5 Å². The van der Waals surface area contributed by atoms with E-state index in [0.29, 0.717) is 12.4 Å². The van der Waals surface area contributed by atoms with Crippen molar-refractivity contribution in [1.82, 2.24) is 5.32 Å². The van der Waals surface area contributed by atoms with Crippen LogP contribution in [0, 0.1) is 6.92 Å². The zero-order chi connectivity index (χ0) is 14.5. The molecule has 0 aliphatic carbocycles. The molecule has 3 N–H and O–H groups in total. The molecule has 1 aliphatic heterocycles. The summed E-state index contributed by atoms with van der Waals surface area (Å²) in [7, 11) is 0. The van der Waals surface area contributed by atoms with Crippen LogP contribution in [-0.2, 0) is 0 Å². The van der Waals surface area contributed by atoms with Crippen LogP contribution in [0.4, 0.5) is 0 Å². The predicted molar refractivity (Wildman–Crippen MR) is 82.1 cm³/mol. The lowest BCUT2D eigenvalue weighted by atomic mass is 9.98. The topological polar surface area (TPSA) is 72.0 Å². The van der Waals surface area contributed by atoms with Crippen molar-refractivity contribution in [2.75, 3.05) is 6.61 Å². The highest BCUT2D eigenvalue weighted by Crippen LogP contribution is 2.33. The fourth-order valence-corrected chi connectivity index (χ4v) is 2.20. The Hall–Kier alpha value is -2.30. The van der Waals surface area contributed by atoms with Crippen molar-refractivity contribution in [2.24, 2.45) is 15.7 Å². The Labute approximate surface area is 119 Å². The van der Waals surface area contributed by atoms with Gasteiger partial charge in [-0.1, -0.05) is 24.3 Å². The molecule has 0 amide bonds. The monoisotopic (exact) mass is 272 g/mol. The first kappa shape index (κ1) is 14.1. The third kappa shape index (κ3) is 3.38. The standard InChI is InChI=1S/C15H20N4O/c1-4-17-15(16)19-11(3)18-13-7-8-20-14-6-5-10(2)9-12(13)14/h4-6,9,13,18H,3,7-8H2,1-2H3,(H2,16,19)/b17-4-/t13-/m1/s1. The molecule has 0 unspecified atom stereocenters. The molecule has 0 bridgehead atoms. The third-order valence-corrected chi connectivity index (χ3v) is 3.06. The molecule has 0 saturated heterocycles. The number of rotatable bonds is 3. The Kier molecular flexibility index (Phi) is 4.40. The fourth-order valence-electron chi connectivity index (χ4n) is 2.20. The van der Waals surface area contributed by atoms with Crippen LogP contribution < -0.4 is 15.8 Å². The number of nitrogens with two attached hydrogens (primary N) is 1. The summed E-state index contributed by atoms with van der Waals surface area (Å²) in [4.78, 5) is 8.00. The first-order valence-electron chi connectivity index (χ1n) is 6.62. The SMILES string of the molecule is C=C(/N=C(N)\N=C/C)N[C@@H]1CCOc2ccc(C)cc21. The van der Waals surface area contributed by atoms with Gasteiger partial charge in [0.15, 0.2) is 0 Å². The second-order valence-electron chi connectivity index (χ2n) is 4.68. The van der Waals surface area contributed by atoms with E-state index in [2.05, 4.69) is 34.9 Å². The minimum absolute atomic E-state index is 0.133. The third-order valence-electron chi connectivity index (χ3n) is 3.06. The Morgan fingerprint density at radius 1 is 1.55 bits per heavy atom. The molecule has 0 fully saturated rings. The Bertz CT molecular complexity index is 563. The number of fused-ring (bicyclic) bond motifs is 1. The molecule has 2 rings (SSSR count). The smallest absolute Gasteiger partial charge is 0.221 e. The van der Waals surface area contributed by atoms with Gasteiger partial charge in [-0.25, -0.2) is 4.99 Å². The highest BCUT2D eigenvalue weighted by Gasteiger charge is 2.21. The van der Waals surface area contributed by atoms with E-state index in [0.717, 1.165) is 17.7 Å². The van der Waals surface area contributed by atoms with Crippen LogP contribution in [-0.4, -0.2) is 18.8 Å². The van der Waals surface area contributed by atoms with Crippen molar-refractivity contribution in [3.05, 3.63) is 41.7 Å². The number of ether oxygens (including phenoxy) is 1. The second-order valence-corrected chi connectivity index (χ2v) is 4.68. The summed E-state index contributed by atoms with van der Waals surface area (Å²) < 4.78 is 5.66. The van der Waals surface area contributed by atoms with Gasteiger partial charge in [0.25, 0.3) is 0 Å². The molecule has 1 aromatic rings. The van der Waals surface area contributed by atoms with Gasteiger partial charge >= 0.3 is 0 Å². The number of aliphatic imine (C=N–C) groups is 2. The fraction of sp³-hybridized carbons (Fsp3) is 0.333. The molecule has 20 heavy (non-hydrogen) atoms. The van der Waals surface area contributed by atoms with E-state index in [1.165, 1.54) is 5.56 Å². The summed E-state index contributed by atoms with van der Waals surface area (Å²) in [5.41, 5.74) is 7.96. The highest BCUT2D eigenvalue weighted by atomic mass is 16.5. The predicted octanol–water partition coefficient (Wildman–Crippen LogP) is 2.28. The Balaban J connectivity index is 2.14. The van der Waals surface area contributed by atoms with Crippen molar-refractivity contribution >= 4 is 12.2 Å². The summed E-state index contributed by atoms with van der Waals surface area (Å²) in [6.45, 7) is 8.40. The van der Waals surface area contributed by atoms with Crippen molar-refractivity contribution in [2.45, 2.75) is 26.3 Å². The molecule has 1 aliphatic rings. The van der Waals surface area contributed by atoms with Crippen molar-refractivity contribution in [3.8, 4) is 5.75 Å². The van der Waals surface area contributed by atoms with Gasteiger partial charge in [0.05, 0.1) is 12.6 Å². The van der Waals surface area contributed by atoms with Gasteiger partial charge in [-0.3, -0.25) is 0 Å². The molecule has 0 aromatic heterocycles. The number of hydrogen-bond acceptors (Lipinski definition) is 3. The van der Waals surface area contributed by atoms with Gasteiger partial charge in [-0.05, 0) is 19.9 Å². The average molecular weight is 272 g/mol. The number of nitrogens with one attached hydrogen (secondary N) is 1. The second kappa shape index (κ2) is 6.23. The minimum Gasteiger partial charge on any atom is -0.493 e. The van der Waals surface area contributed by atoms with E-state index in [4.69, 9.17) is 10.5 Å². The summed E-state index contributed by atoms with van der Waals surface area (Å²) in [5.74, 6) is 1.62. The molecule has 5 nitrogen and oxygen atoms in total. The van der Waals surface area contributed by atoms with Crippen LogP contribution in [0.25, 0.3) is 0 Å². The number of aryl methyl sites for hydroxylation is 1. The zero-order valence-corrected chi connectivity index (χ0v) is 11.9. The number of guanidine groups is 1. The molecular formula is C15H20N4O. The Morgan fingerprint density at radius 3 is 3.10 bits per heavy atom. The maximum absolute atomic E-state index is 5.66. The quantitative estimate of drug-likeness (QED) is 0.655. The van der Waals surface area contributed by atoms with Crippen LogP contribution in [0.3, 0.4) is 0 Å². The van der Waals surface area contributed by atoms with Gasteiger partial charge < -0.3 is 15.8 Å². The van der Waals surface area contributed by atoms with Crippen molar-refractivity contribution in [1.29, 1.82) is 0 Å². The van der Waals surface area contributed by atoms with Crippen molar-refractivity contribution < 1.29 is 4.74 Å². The first-order valence-corrected chi connectivity index (χ1v) is 6.62. The summed E-state index contributed by atoms with van der Waals surface area (Å²) in [6, 6.07) is 6.30. The zero-order valence-electron chi connectivity index (χ0n) is 11.9. The van der Waals surface area contributed by atoms with E-state index >= 15 is 0 Å². The molecule has 1 aromatic carbocycles. The molecule has 0 saturated carbocycles. The molecule has 106 valence electrons. The largest absolute Gasteiger partial charge is 0.493 e. The van der Waals surface area contributed by atoms with Crippen molar-refractivity contribution in [3.63, 3.8) is 0 Å². The maximum Gasteiger partial charge on any atom is 0.221 e. The van der Waals surface area contributed by atoms with Crippen LogP contribution in [0.15, 0.2) is 40.6 Å². The van der Waals surface area contributed by atoms with E-state index < -0.39 is 0 Å². The molecular weight excluding hydrogens is 252 g/mol. The molecule has 0 radical (unpaired) electrons. The van der Waals surface area contributed by atoms with Gasteiger partial charge in [0.1, 0.15) is 11.6 Å². The van der Waals surface area contributed by atoms with Crippen LogP contribution >= 0.6 is 0 Å². The van der Waals surface area contributed by atoms with E-state index in [1.807, 2.05) is 12.1 Å². The molecule has 1 heterocycles. The lowest BCUT2D eigenvalue weighted by Crippen LogP contribution is -2.26. The highest BCUT2D eigenvalue weighted by molar-refractivity contribution is 5.86. The summed E-state index contributed by atoms with van der Waals surface area (Å²) in [6.07, 6.45) is 2.46. The van der Waals surface area contributed by atoms with Gasteiger partial charge in [0.2, 0.25) is 5.96 Å².